The van der Waals surface area contributed by atoms with E-state index in [2.05, 4.69) is 21.2 Å². The lowest BCUT2D eigenvalue weighted by molar-refractivity contribution is -0.117. The molecule has 0 spiro atoms. The van der Waals surface area contributed by atoms with E-state index in [-0.39, 0.29) is 5.91 Å². The number of nitrogen functional groups attached to an aromatic ring is 1. The van der Waals surface area contributed by atoms with Crippen molar-refractivity contribution in [2.45, 2.75) is 19.3 Å². The maximum absolute atomic E-state index is 11.9. The van der Waals surface area contributed by atoms with E-state index < -0.39 is 0 Å². The minimum absolute atomic E-state index is 0.0703. The number of nitrogens with two attached hydrogens (primary N) is 1. The second-order valence-electron chi connectivity index (χ2n) is 4.54. The lowest BCUT2D eigenvalue weighted by Crippen LogP contribution is -2.20. The van der Waals surface area contributed by atoms with Crippen LogP contribution in [-0.2, 0) is 4.79 Å². The lowest BCUT2D eigenvalue weighted by atomic mass is 9.98. The Bertz CT molecular complexity index is 433. The standard InChI is InChI=1S/C13H17BrN2OS/c14-10-1-2-12(11(15)8-10)16-13(17)7-9-3-5-18-6-4-9/h1-2,8-9H,3-7,15H2,(H,16,17). The number of hydrogen-bond acceptors (Lipinski definition) is 3. The number of benzene rings is 1. The Labute approximate surface area is 120 Å². The molecule has 1 aromatic carbocycles. The van der Waals surface area contributed by atoms with E-state index in [0.29, 0.717) is 23.7 Å². The summed E-state index contributed by atoms with van der Waals surface area (Å²) >= 11 is 5.32. The first-order valence-electron chi connectivity index (χ1n) is 6.08. The van der Waals surface area contributed by atoms with Crippen molar-refractivity contribution >= 4 is 45.0 Å². The highest BCUT2D eigenvalue weighted by Gasteiger charge is 2.17. The summed E-state index contributed by atoms with van der Waals surface area (Å²) in [7, 11) is 0. The largest absolute Gasteiger partial charge is 0.397 e. The number of anilines is 2. The second-order valence-corrected chi connectivity index (χ2v) is 6.68. The maximum Gasteiger partial charge on any atom is 0.224 e. The Hall–Kier alpha value is -0.680. The summed E-state index contributed by atoms with van der Waals surface area (Å²) in [6, 6.07) is 5.50. The van der Waals surface area contributed by atoms with Gasteiger partial charge in [0, 0.05) is 10.9 Å². The molecule has 0 aromatic heterocycles. The van der Waals surface area contributed by atoms with Gasteiger partial charge in [-0.25, -0.2) is 0 Å². The molecule has 1 aliphatic rings. The van der Waals surface area contributed by atoms with Crippen molar-refractivity contribution in [2.75, 3.05) is 22.6 Å². The zero-order valence-corrected chi connectivity index (χ0v) is 12.5. The van der Waals surface area contributed by atoms with Gasteiger partial charge in [0.1, 0.15) is 0 Å². The minimum atomic E-state index is 0.0703. The van der Waals surface area contributed by atoms with Gasteiger partial charge in [0.05, 0.1) is 11.4 Å². The Morgan fingerprint density at radius 1 is 1.44 bits per heavy atom. The molecule has 98 valence electrons. The summed E-state index contributed by atoms with van der Waals surface area (Å²) in [6.45, 7) is 0. The van der Waals surface area contributed by atoms with Crippen LogP contribution in [0.15, 0.2) is 22.7 Å². The van der Waals surface area contributed by atoms with Crippen LogP contribution in [0.25, 0.3) is 0 Å². The molecule has 1 aliphatic heterocycles. The van der Waals surface area contributed by atoms with Gasteiger partial charge in [-0.15, -0.1) is 0 Å². The van der Waals surface area contributed by atoms with Crippen LogP contribution in [0, 0.1) is 5.92 Å². The lowest BCUT2D eigenvalue weighted by Gasteiger charge is -2.20. The van der Waals surface area contributed by atoms with Crippen molar-refractivity contribution in [2.24, 2.45) is 5.92 Å². The topological polar surface area (TPSA) is 55.1 Å². The van der Waals surface area contributed by atoms with Crippen molar-refractivity contribution in [1.82, 2.24) is 0 Å². The Morgan fingerprint density at radius 2 is 2.17 bits per heavy atom. The highest BCUT2D eigenvalue weighted by molar-refractivity contribution is 9.10. The molecule has 1 aromatic rings. The highest BCUT2D eigenvalue weighted by Crippen LogP contribution is 2.27. The molecule has 0 saturated carbocycles. The van der Waals surface area contributed by atoms with Crippen LogP contribution >= 0.6 is 27.7 Å². The maximum atomic E-state index is 11.9. The number of nitrogens with one attached hydrogen (secondary N) is 1. The average molecular weight is 329 g/mol. The molecule has 1 fully saturated rings. The second kappa shape index (κ2) is 6.48. The number of rotatable bonds is 3. The molecule has 0 radical (unpaired) electrons. The van der Waals surface area contributed by atoms with E-state index in [4.69, 9.17) is 5.73 Å². The number of amides is 1. The summed E-state index contributed by atoms with van der Waals surface area (Å²) in [5.74, 6) is 2.96. The first-order chi connectivity index (χ1) is 8.65. The predicted octanol–water partition coefficient (Wildman–Crippen LogP) is 3.50. The number of halogens is 1. The van der Waals surface area contributed by atoms with Crippen LogP contribution in [0.1, 0.15) is 19.3 Å². The van der Waals surface area contributed by atoms with E-state index >= 15 is 0 Å². The van der Waals surface area contributed by atoms with Gasteiger partial charge in [0.15, 0.2) is 0 Å². The highest BCUT2D eigenvalue weighted by atomic mass is 79.9. The van der Waals surface area contributed by atoms with Gasteiger partial charge >= 0.3 is 0 Å². The van der Waals surface area contributed by atoms with Gasteiger partial charge in [-0.1, -0.05) is 15.9 Å². The van der Waals surface area contributed by atoms with E-state index in [0.717, 1.165) is 17.3 Å². The zero-order chi connectivity index (χ0) is 13.0. The third kappa shape index (κ3) is 3.92. The molecule has 1 heterocycles. The summed E-state index contributed by atoms with van der Waals surface area (Å²) < 4.78 is 0.919. The Morgan fingerprint density at radius 3 is 2.83 bits per heavy atom. The van der Waals surface area contributed by atoms with Gasteiger partial charge in [-0.2, -0.15) is 11.8 Å². The van der Waals surface area contributed by atoms with Crippen LogP contribution in [0.5, 0.6) is 0 Å². The summed E-state index contributed by atoms with van der Waals surface area (Å²) in [5, 5.41) is 2.89. The van der Waals surface area contributed by atoms with Crippen molar-refractivity contribution in [1.29, 1.82) is 0 Å². The number of carbonyl (C=O) groups is 1. The third-order valence-corrected chi connectivity index (χ3v) is 4.64. The van der Waals surface area contributed by atoms with Crippen molar-refractivity contribution < 1.29 is 4.79 Å². The first-order valence-corrected chi connectivity index (χ1v) is 8.02. The van der Waals surface area contributed by atoms with Crippen LogP contribution < -0.4 is 11.1 Å². The quantitative estimate of drug-likeness (QED) is 0.835. The SMILES string of the molecule is Nc1cc(Br)ccc1NC(=O)CC1CCSCC1. The summed E-state index contributed by atoms with van der Waals surface area (Å²) in [6.07, 6.45) is 2.90. The molecule has 1 amide bonds. The zero-order valence-electron chi connectivity index (χ0n) is 10.1. The van der Waals surface area contributed by atoms with Crippen molar-refractivity contribution in [3.8, 4) is 0 Å². The molecule has 5 heteroatoms. The van der Waals surface area contributed by atoms with Gasteiger partial charge in [0.2, 0.25) is 5.91 Å². The normalized spacial score (nSPS) is 16.5. The van der Waals surface area contributed by atoms with Crippen molar-refractivity contribution in [3.63, 3.8) is 0 Å². The minimum Gasteiger partial charge on any atom is -0.397 e. The van der Waals surface area contributed by atoms with E-state index in [1.165, 1.54) is 11.5 Å². The smallest absolute Gasteiger partial charge is 0.224 e. The number of hydrogen-bond donors (Lipinski definition) is 2. The number of carbonyl (C=O) groups excluding carboxylic acids is 1. The van der Waals surface area contributed by atoms with E-state index in [1.807, 2.05) is 23.9 Å². The van der Waals surface area contributed by atoms with Crippen molar-refractivity contribution in [3.05, 3.63) is 22.7 Å². The fraction of sp³-hybridized carbons (Fsp3) is 0.462. The van der Waals surface area contributed by atoms with Crippen LogP contribution in [-0.4, -0.2) is 17.4 Å². The predicted molar refractivity (Wildman–Crippen MR) is 81.9 cm³/mol. The molecule has 0 bridgehead atoms. The molecular formula is C13H17BrN2OS. The molecule has 0 aliphatic carbocycles. The molecule has 2 rings (SSSR count). The monoisotopic (exact) mass is 328 g/mol. The Balaban J connectivity index is 1.90. The molecule has 18 heavy (non-hydrogen) atoms. The average Bonchev–Trinajstić information content (AvgIpc) is 2.34. The fourth-order valence-electron chi connectivity index (χ4n) is 2.06. The van der Waals surface area contributed by atoms with Crippen LogP contribution in [0.3, 0.4) is 0 Å². The summed E-state index contributed by atoms with van der Waals surface area (Å²) in [5.41, 5.74) is 7.15. The van der Waals surface area contributed by atoms with Gasteiger partial charge < -0.3 is 11.1 Å². The van der Waals surface area contributed by atoms with Gasteiger partial charge in [0.25, 0.3) is 0 Å². The van der Waals surface area contributed by atoms with Gasteiger partial charge in [-0.05, 0) is 48.5 Å². The number of thioether (sulfide) groups is 1. The Kier molecular flexibility index (Phi) is 4.95. The van der Waals surface area contributed by atoms with E-state index in [9.17, 15) is 4.79 Å². The molecule has 1 saturated heterocycles. The van der Waals surface area contributed by atoms with Crippen LogP contribution in [0.4, 0.5) is 11.4 Å². The first kappa shape index (κ1) is 13.7. The summed E-state index contributed by atoms with van der Waals surface area (Å²) in [4.78, 5) is 11.9. The molecule has 3 nitrogen and oxygen atoms in total. The molecule has 0 unspecified atom stereocenters. The molecule has 0 atom stereocenters. The third-order valence-electron chi connectivity index (χ3n) is 3.10. The van der Waals surface area contributed by atoms with Gasteiger partial charge in [-0.3, -0.25) is 4.79 Å². The molecular weight excluding hydrogens is 312 g/mol. The fourth-order valence-corrected chi connectivity index (χ4v) is 3.64. The van der Waals surface area contributed by atoms with E-state index in [1.54, 1.807) is 6.07 Å². The molecule has 3 N–H and O–H groups in total. The van der Waals surface area contributed by atoms with Crippen LogP contribution in [0.2, 0.25) is 0 Å².